The Morgan fingerprint density at radius 2 is 1.12 bits per heavy atom. The number of rotatable bonds is 26. The zero-order chi connectivity index (χ0) is 25.0. The lowest BCUT2D eigenvalue weighted by molar-refractivity contribution is -0.143. The van der Waals surface area contributed by atoms with Crippen LogP contribution in [-0.2, 0) is 9.53 Å². The first-order chi connectivity index (χ1) is 16.7. The highest BCUT2D eigenvalue weighted by molar-refractivity contribution is 5.69. The topological polar surface area (TPSA) is 26.3 Å². The van der Waals surface area contributed by atoms with E-state index in [9.17, 15) is 4.79 Å². The van der Waals surface area contributed by atoms with Crippen molar-refractivity contribution >= 4 is 5.97 Å². The zero-order valence-electron chi connectivity index (χ0n) is 23.5. The minimum atomic E-state index is 0.00656. The molecule has 0 fully saturated rings. The quantitative estimate of drug-likeness (QED) is 0.0704. The Morgan fingerprint density at radius 3 is 1.71 bits per heavy atom. The highest BCUT2D eigenvalue weighted by Crippen LogP contribution is 2.13. The van der Waals surface area contributed by atoms with Gasteiger partial charge in [-0.15, -0.1) is 0 Å². The van der Waals surface area contributed by atoms with Crippen LogP contribution >= 0.6 is 0 Å². The van der Waals surface area contributed by atoms with E-state index in [1.165, 1.54) is 109 Å². The average molecular weight is 477 g/mol. The Kier molecular flexibility index (Phi) is 27.3. The van der Waals surface area contributed by atoms with Crippen LogP contribution in [0.15, 0.2) is 24.3 Å². The van der Waals surface area contributed by atoms with Gasteiger partial charge in [0.15, 0.2) is 0 Å². The van der Waals surface area contributed by atoms with E-state index >= 15 is 0 Å². The summed E-state index contributed by atoms with van der Waals surface area (Å²) in [6.07, 6.45) is 36.4. The van der Waals surface area contributed by atoms with Crippen molar-refractivity contribution < 1.29 is 9.53 Å². The molecule has 0 aliphatic carbocycles. The van der Waals surface area contributed by atoms with Gasteiger partial charge in [-0.25, -0.2) is 0 Å². The van der Waals surface area contributed by atoms with Crippen molar-refractivity contribution in [3.63, 3.8) is 0 Å². The molecule has 34 heavy (non-hydrogen) atoms. The third-order valence-electron chi connectivity index (χ3n) is 6.52. The van der Waals surface area contributed by atoms with Crippen molar-refractivity contribution in [2.45, 2.75) is 162 Å². The van der Waals surface area contributed by atoms with Crippen LogP contribution in [0.5, 0.6) is 0 Å². The molecule has 0 amide bonds. The number of carbonyl (C=O) groups excluding carboxylic acids is 1. The zero-order valence-corrected chi connectivity index (χ0v) is 23.5. The third-order valence-corrected chi connectivity index (χ3v) is 6.52. The van der Waals surface area contributed by atoms with E-state index in [0.29, 0.717) is 13.0 Å². The molecule has 0 aromatic rings. The van der Waals surface area contributed by atoms with Crippen molar-refractivity contribution in [1.29, 1.82) is 0 Å². The molecular weight excluding hydrogens is 416 g/mol. The van der Waals surface area contributed by atoms with Gasteiger partial charge in [-0.2, -0.15) is 0 Å². The molecule has 0 bridgehead atoms. The van der Waals surface area contributed by atoms with E-state index in [1.807, 2.05) is 0 Å². The molecule has 0 aliphatic rings. The summed E-state index contributed by atoms with van der Waals surface area (Å²) in [7, 11) is 0. The average Bonchev–Trinajstić information content (AvgIpc) is 2.82. The van der Waals surface area contributed by atoms with Gasteiger partial charge in [0.2, 0.25) is 0 Å². The fraction of sp³-hybridized carbons (Fsp3) is 0.844. The summed E-state index contributed by atoms with van der Waals surface area (Å²) < 4.78 is 5.40. The van der Waals surface area contributed by atoms with Crippen LogP contribution in [0.1, 0.15) is 162 Å². The van der Waals surface area contributed by atoms with Gasteiger partial charge in [0, 0.05) is 6.42 Å². The lowest BCUT2D eigenvalue weighted by Gasteiger charge is -2.06. The van der Waals surface area contributed by atoms with Crippen LogP contribution in [0.25, 0.3) is 0 Å². The van der Waals surface area contributed by atoms with Crippen molar-refractivity contribution in [3.8, 4) is 0 Å². The lowest BCUT2D eigenvalue weighted by atomic mass is 10.0. The Labute approximate surface area is 214 Å². The summed E-state index contributed by atoms with van der Waals surface area (Å²) in [4.78, 5) is 11.8. The first-order valence-electron chi connectivity index (χ1n) is 15.1. The molecule has 0 radical (unpaired) electrons. The Balaban J connectivity index is 3.25. The number of carbonyl (C=O) groups is 1. The second kappa shape index (κ2) is 28.2. The van der Waals surface area contributed by atoms with E-state index in [4.69, 9.17) is 4.74 Å². The summed E-state index contributed by atoms with van der Waals surface area (Å²) >= 11 is 0. The summed E-state index contributed by atoms with van der Waals surface area (Å²) in [6.45, 7) is 7.50. The van der Waals surface area contributed by atoms with Gasteiger partial charge in [-0.05, 0) is 50.9 Å². The van der Waals surface area contributed by atoms with Gasteiger partial charge in [0.1, 0.15) is 0 Å². The number of unbranched alkanes of at least 4 members (excludes halogenated alkanes) is 16. The van der Waals surface area contributed by atoms with Crippen LogP contribution in [0, 0.1) is 5.92 Å². The van der Waals surface area contributed by atoms with E-state index in [-0.39, 0.29) is 5.97 Å². The lowest BCUT2D eigenvalue weighted by Crippen LogP contribution is -2.05. The van der Waals surface area contributed by atoms with Gasteiger partial charge in [-0.1, -0.05) is 135 Å². The molecule has 2 heteroatoms. The van der Waals surface area contributed by atoms with Crippen LogP contribution in [-0.4, -0.2) is 12.6 Å². The van der Waals surface area contributed by atoms with Gasteiger partial charge >= 0.3 is 5.97 Å². The van der Waals surface area contributed by atoms with E-state index in [2.05, 4.69) is 45.1 Å². The van der Waals surface area contributed by atoms with Gasteiger partial charge < -0.3 is 4.74 Å². The molecule has 0 spiro atoms. The van der Waals surface area contributed by atoms with Crippen LogP contribution in [0.4, 0.5) is 0 Å². The van der Waals surface area contributed by atoms with Gasteiger partial charge in [-0.3, -0.25) is 4.79 Å². The summed E-state index contributed by atoms with van der Waals surface area (Å²) in [5, 5.41) is 0. The van der Waals surface area contributed by atoms with Crippen LogP contribution < -0.4 is 0 Å². The molecule has 0 aliphatic heterocycles. The molecule has 0 unspecified atom stereocenters. The number of allylic oxidation sites excluding steroid dienone is 4. The van der Waals surface area contributed by atoms with Crippen molar-refractivity contribution in [1.82, 2.24) is 0 Å². The van der Waals surface area contributed by atoms with E-state index in [1.54, 1.807) is 0 Å². The molecule has 200 valence electrons. The SMILES string of the molecule is CCCCC/C=C\C/C=C\CCCCCCCC(=O)OCCCCCCCCCCCC(C)C. The maximum absolute atomic E-state index is 11.8. The van der Waals surface area contributed by atoms with Crippen molar-refractivity contribution in [2.24, 2.45) is 5.92 Å². The van der Waals surface area contributed by atoms with Crippen molar-refractivity contribution in [3.05, 3.63) is 24.3 Å². The molecule has 0 N–H and O–H groups in total. The van der Waals surface area contributed by atoms with E-state index < -0.39 is 0 Å². The fourth-order valence-corrected chi connectivity index (χ4v) is 4.23. The number of hydrogen-bond donors (Lipinski definition) is 0. The summed E-state index contributed by atoms with van der Waals surface area (Å²) in [5.41, 5.74) is 0. The molecule has 0 saturated heterocycles. The molecule has 0 atom stereocenters. The summed E-state index contributed by atoms with van der Waals surface area (Å²) in [6, 6.07) is 0. The second-order valence-electron chi connectivity index (χ2n) is 10.6. The first kappa shape index (κ1) is 33.0. The smallest absolute Gasteiger partial charge is 0.305 e. The Morgan fingerprint density at radius 1 is 0.618 bits per heavy atom. The predicted molar refractivity (Wildman–Crippen MR) is 151 cm³/mol. The summed E-state index contributed by atoms with van der Waals surface area (Å²) in [5.74, 6) is 0.862. The normalized spacial score (nSPS) is 11.9. The highest BCUT2D eigenvalue weighted by Gasteiger charge is 2.02. The highest BCUT2D eigenvalue weighted by atomic mass is 16.5. The maximum Gasteiger partial charge on any atom is 0.305 e. The Hall–Kier alpha value is -1.05. The standard InChI is InChI=1S/C32H60O2/c1-4-5-6-7-8-9-10-11-12-13-14-17-20-23-26-29-32(33)34-30-27-24-21-18-15-16-19-22-25-28-31(2)3/h8-9,11-12,31H,4-7,10,13-30H2,1-3H3/b9-8-,12-11-. The molecule has 0 aromatic carbocycles. The van der Waals surface area contributed by atoms with E-state index in [0.717, 1.165) is 31.6 Å². The molecule has 2 nitrogen and oxygen atoms in total. The maximum atomic E-state index is 11.8. The first-order valence-corrected chi connectivity index (χ1v) is 15.1. The van der Waals surface area contributed by atoms with Gasteiger partial charge in [0.25, 0.3) is 0 Å². The third kappa shape index (κ3) is 29.0. The number of hydrogen-bond acceptors (Lipinski definition) is 2. The molecular formula is C32H60O2. The number of ether oxygens (including phenoxy) is 1. The van der Waals surface area contributed by atoms with Crippen LogP contribution in [0.3, 0.4) is 0 Å². The number of esters is 1. The minimum Gasteiger partial charge on any atom is -0.466 e. The predicted octanol–water partition coefficient (Wildman–Crippen LogP) is 10.9. The van der Waals surface area contributed by atoms with Crippen LogP contribution in [0.2, 0.25) is 0 Å². The van der Waals surface area contributed by atoms with Crippen molar-refractivity contribution in [2.75, 3.05) is 6.61 Å². The second-order valence-corrected chi connectivity index (χ2v) is 10.6. The Bertz CT molecular complexity index is 464. The molecule has 0 heterocycles. The largest absolute Gasteiger partial charge is 0.466 e. The molecule has 0 aromatic heterocycles. The fourth-order valence-electron chi connectivity index (χ4n) is 4.23. The molecule has 0 saturated carbocycles. The molecule has 0 rings (SSSR count). The minimum absolute atomic E-state index is 0.00656. The monoisotopic (exact) mass is 476 g/mol. The van der Waals surface area contributed by atoms with Gasteiger partial charge in [0.05, 0.1) is 6.61 Å².